The van der Waals surface area contributed by atoms with Crippen molar-refractivity contribution in [2.75, 3.05) is 18.1 Å². The molecule has 1 saturated heterocycles. The zero-order valence-corrected chi connectivity index (χ0v) is 11.8. The van der Waals surface area contributed by atoms with Gasteiger partial charge in [-0.15, -0.1) is 0 Å². The molecule has 0 aromatic carbocycles. The molecule has 1 heterocycles. The molecule has 0 saturated carbocycles. The Balaban J connectivity index is 2.39. The van der Waals surface area contributed by atoms with Crippen LogP contribution in [0.2, 0.25) is 0 Å². The molecule has 6 heteroatoms. The predicted molar refractivity (Wildman–Crippen MR) is 73.0 cm³/mol. The smallest absolute Gasteiger partial charge is 0.317 e. The van der Waals surface area contributed by atoms with Gasteiger partial charge in [0.05, 0.1) is 0 Å². The minimum atomic E-state index is -0.814. The first-order valence-electron chi connectivity index (χ1n) is 6.37. The molecule has 0 bridgehead atoms. The van der Waals surface area contributed by atoms with E-state index in [1.807, 2.05) is 25.6 Å². The summed E-state index contributed by atoms with van der Waals surface area (Å²) in [7, 11) is 0. The predicted octanol–water partition coefficient (Wildman–Crippen LogP) is 1.78. The molecule has 0 aromatic heterocycles. The fraction of sp³-hybridized carbons (Fsp3) is 0.833. The van der Waals surface area contributed by atoms with Gasteiger partial charge in [-0.05, 0) is 32.4 Å². The number of urea groups is 1. The molecule has 1 aliphatic heterocycles. The number of nitrogens with one attached hydrogen (secondary N) is 1. The molecule has 1 fully saturated rings. The zero-order valence-electron chi connectivity index (χ0n) is 11.0. The van der Waals surface area contributed by atoms with Crippen molar-refractivity contribution in [3.63, 3.8) is 0 Å². The monoisotopic (exact) mass is 274 g/mol. The minimum Gasteiger partial charge on any atom is -0.481 e. The SMILES string of the molecule is CC(C)N(CCCC(=O)O)C(=O)NC1CCSC1. The van der Waals surface area contributed by atoms with Crippen LogP contribution in [0.3, 0.4) is 0 Å². The maximum absolute atomic E-state index is 12.1. The van der Waals surface area contributed by atoms with Gasteiger partial charge in [0.15, 0.2) is 0 Å². The highest BCUT2D eigenvalue weighted by molar-refractivity contribution is 7.99. The number of carbonyl (C=O) groups excluding carboxylic acids is 1. The van der Waals surface area contributed by atoms with E-state index in [0.717, 1.165) is 17.9 Å². The van der Waals surface area contributed by atoms with Crippen molar-refractivity contribution < 1.29 is 14.7 Å². The van der Waals surface area contributed by atoms with Gasteiger partial charge in [0, 0.05) is 30.8 Å². The third-order valence-electron chi connectivity index (χ3n) is 2.93. The van der Waals surface area contributed by atoms with Crippen LogP contribution in [-0.4, -0.2) is 52.1 Å². The van der Waals surface area contributed by atoms with Gasteiger partial charge < -0.3 is 15.3 Å². The summed E-state index contributed by atoms with van der Waals surface area (Å²) in [6.07, 6.45) is 1.63. The number of carboxylic acid groups (broad SMARTS) is 1. The summed E-state index contributed by atoms with van der Waals surface area (Å²) in [6.45, 7) is 4.39. The molecule has 0 aliphatic carbocycles. The first kappa shape index (κ1) is 15.1. The van der Waals surface area contributed by atoms with Crippen molar-refractivity contribution in [1.29, 1.82) is 0 Å². The summed E-state index contributed by atoms with van der Waals surface area (Å²) in [6, 6.07) is 0.291. The van der Waals surface area contributed by atoms with Gasteiger partial charge in [-0.25, -0.2) is 4.79 Å². The van der Waals surface area contributed by atoms with Gasteiger partial charge in [-0.3, -0.25) is 4.79 Å². The second kappa shape index (κ2) is 7.51. The van der Waals surface area contributed by atoms with E-state index in [1.54, 1.807) is 4.90 Å². The number of hydrogen-bond acceptors (Lipinski definition) is 3. The van der Waals surface area contributed by atoms with E-state index in [1.165, 1.54) is 0 Å². The standard InChI is InChI=1S/C12H22N2O3S/c1-9(2)14(6-3-4-11(15)16)12(17)13-10-5-7-18-8-10/h9-10H,3-8H2,1-2H3,(H,13,17)(H,15,16). The van der Waals surface area contributed by atoms with E-state index in [2.05, 4.69) is 5.32 Å². The van der Waals surface area contributed by atoms with Crippen molar-refractivity contribution >= 4 is 23.8 Å². The number of carbonyl (C=O) groups is 2. The number of aliphatic carboxylic acids is 1. The summed E-state index contributed by atoms with van der Waals surface area (Å²) in [5, 5.41) is 11.6. The summed E-state index contributed by atoms with van der Waals surface area (Å²) < 4.78 is 0. The maximum atomic E-state index is 12.1. The van der Waals surface area contributed by atoms with Gasteiger partial charge in [0.25, 0.3) is 0 Å². The molecule has 5 nitrogen and oxygen atoms in total. The Morgan fingerprint density at radius 3 is 2.72 bits per heavy atom. The van der Waals surface area contributed by atoms with Crippen molar-refractivity contribution in [3.05, 3.63) is 0 Å². The van der Waals surface area contributed by atoms with Crippen LogP contribution >= 0.6 is 11.8 Å². The maximum Gasteiger partial charge on any atom is 0.317 e. The van der Waals surface area contributed by atoms with Crippen LogP contribution < -0.4 is 5.32 Å². The molecule has 1 rings (SSSR count). The van der Waals surface area contributed by atoms with Gasteiger partial charge in [-0.1, -0.05) is 0 Å². The molecule has 1 atom stereocenters. The summed E-state index contributed by atoms with van der Waals surface area (Å²) in [5.74, 6) is 1.27. The van der Waals surface area contributed by atoms with Crippen LogP contribution in [0, 0.1) is 0 Å². The fourth-order valence-corrected chi connectivity index (χ4v) is 3.05. The number of hydrogen-bond donors (Lipinski definition) is 2. The van der Waals surface area contributed by atoms with Gasteiger partial charge in [-0.2, -0.15) is 11.8 Å². The average Bonchev–Trinajstić information content (AvgIpc) is 2.75. The molecular formula is C12H22N2O3S. The van der Waals surface area contributed by atoms with Gasteiger partial charge >= 0.3 is 12.0 Å². The number of thioether (sulfide) groups is 1. The molecule has 1 unspecified atom stereocenters. The lowest BCUT2D eigenvalue weighted by Crippen LogP contribution is -2.48. The second-order valence-corrected chi connectivity index (χ2v) is 5.94. The molecule has 0 radical (unpaired) electrons. The second-order valence-electron chi connectivity index (χ2n) is 4.79. The lowest BCUT2D eigenvalue weighted by atomic mass is 10.2. The Labute approximate surface area is 112 Å². The molecule has 0 spiro atoms. The first-order valence-corrected chi connectivity index (χ1v) is 7.53. The topological polar surface area (TPSA) is 69.6 Å². The Hall–Kier alpha value is -0.910. The van der Waals surface area contributed by atoms with Crippen LogP contribution in [0.5, 0.6) is 0 Å². The van der Waals surface area contributed by atoms with E-state index in [-0.39, 0.29) is 24.5 Å². The third-order valence-corrected chi connectivity index (χ3v) is 4.09. The highest BCUT2D eigenvalue weighted by Crippen LogP contribution is 2.17. The normalized spacial score (nSPS) is 18.9. The molecular weight excluding hydrogens is 252 g/mol. The van der Waals surface area contributed by atoms with Gasteiger partial charge in [0.1, 0.15) is 0 Å². The summed E-state index contributed by atoms with van der Waals surface area (Å²) >= 11 is 1.86. The van der Waals surface area contributed by atoms with Crippen LogP contribution in [0.4, 0.5) is 4.79 Å². The zero-order chi connectivity index (χ0) is 13.5. The van der Waals surface area contributed by atoms with E-state index < -0.39 is 5.97 Å². The lowest BCUT2D eigenvalue weighted by molar-refractivity contribution is -0.137. The molecule has 2 N–H and O–H groups in total. The van der Waals surface area contributed by atoms with Crippen molar-refractivity contribution in [2.45, 2.75) is 45.2 Å². The Bertz CT molecular complexity index is 291. The van der Waals surface area contributed by atoms with Crippen LogP contribution in [0.1, 0.15) is 33.1 Å². The van der Waals surface area contributed by atoms with Crippen molar-refractivity contribution in [1.82, 2.24) is 10.2 Å². The average molecular weight is 274 g/mol. The number of rotatable bonds is 6. The van der Waals surface area contributed by atoms with E-state index in [9.17, 15) is 9.59 Å². The van der Waals surface area contributed by atoms with Crippen LogP contribution in [0.15, 0.2) is 0 Å². The number of carboxylic acids is 1. The Kier molecular flexibility index (Phi) is 6.32. The lowest BCUT2D eigenvalue weighted by Gasteiger charge is -2.28. The summed E-state index contributed by atoms with van der Waals surface area (Å²) in [5.41, 5.74) is 0. The van der Waals surface area contributed by atoms with Crippen LogP contribution in [0.25, 0.3) is 0 Å². The molecule has 2 amide bonds. The highest BCUT2D eigenvalue weighted by Gasteiger charge is 2.22. The largest absolute Gasteiger partial charge is 0.481 e. The Morgan fingerprint density at radius 2 is 2.22 bits per heavy atom. The number of amides is 2. The molecule has 104 valence electrons. The highest BCUT2D eigenvalue weighted by atomic mass is 32.2. The minimum absolute atomic E-state index is 0.0668. The fourth-order valence-electron chi connectivity index (χ4n) is 1.90. The molecule has 1 aliphatic rings. The third kappa shape index (κ3) is 5.16. The number of nitrogens with zero attached hydrogens (tertiary/aromatic N) is 1. The Morgan fingerprint density at radius 1 is 1.50 bits per heavy atom. The van der Waals surface area contributed by atoms with Crippen LogP contribution in [-0.2, 0) is 4.79 Å². The van der Waals surface area contributed by atoms with Gasteiger partial charge in [0.2, 0.25) is 0 Å². The summed E-state index contributed by atoms with van der Waals surface area (Å²) in [4.78, 5) is 24.3. The quantitative estimate of drug-likeness (QED) is 0.774. The van der Waals surface area contributed by atoms with E-state index in [0.29, 0.717) is 13.0 Å². The van der Waals surface area contributed by atoms with E-state index >= 15 is 0 Å². The van der Waals surface area contributed by atoms with Crippen molar-refractivity contribution in [2.24, 2.45) is 0 Å². The molecule has 18 heavy (non-hydrogen) atoms. The van der Waals surface area contributed by atoms with Crippen molar-refractivity contribution in [3.8, 4) is 0 Å². The first-order chi connectivity index (χ1) is 8.50. The molecule has 0 aromatic rings. The van der Waals surface area contributed by atoms with E-state index in [4.69, 9.17) is 5.11 Å².